The molecule has 1 aliphatic heterocycles. The number of piperazine rings is 1. The smallest absolute Gasteiger partial charge is 0.227 e. The van der Waals surface area contributed by atoms with E-state index >= 15 is 0 Å². The second kappa shape index (κ2) is 7.61. The van der Waals surface area contributed by atoms with E-state index in [4.69, 9.17) is 4.52 Å². The summed E-state index contributed by atoms with van der Waals surface area (Å²) >= 11 is 0. The van der Waals surface area contributed by atoms with Crippen molar-refractivity contribution in [2.45, 2.75) is 33.2 Å². The lowest BCUT2D eigenvalue weighted by Gasteiger charge is -2.34. The van der Waals surface area contributed by atoms with Crippen LogP contribution in [-0.4, -0.2) is 63.1 Å². The highest BCUT2D eigenvalue weighted by atomic mass is 16.5. The third-order valence-corrected chi connectivity index (χ3v) is 4.68. The first-order chi connectivity index (χ1) is 11.6. The maximum absolute atomic E-state index is 12.5. The molecule has 0 saturated carbocycles. The van der Waals surface area contributed by atoms with E-state index in [-0.39, 0.29) is 5.91 Å². The molecule has 0 N–H and O–H groups in total. The highest BCUT2D eigenvalue weighted by Crippen LogP contribution is 2.15. The number of amides is 1. The van der Waals surface area contributed by atoms with Crippen molar-refractivity contribution < 1.29 is 9.32 Å². The van der Waals surface area contributed by atoms with Crippen molar-refractivity contribution in [2.24, 2.45) is 0 Å². The fourth-order valence-electron chi connectivity index (χ4n) is 3.13. The number of carbonyl (C=O) groups excluding carboxylic acids is 1. The number of imidazole rings is 1. The van der Waals surface area contributed by atoms with E-state index in [1.807, 2.05) is 37.5 Å². The lowest BCUT2D eigenvalue weighted by atomic mass is 10.1. The highest BCUT2D eigenvalue weighted by molar-refractivity contribution is 5.79. The molecule has 0 radical (unpaired) electrons. The molecule has 7 heteroatoms. The molecule has 130 valence electrons. The van der Waals surface area contributed by atoms with Crippen LogP contribution >= 0.6 is 0 Å². The average Bonchev–Trinajstić information content (AvgIpc) is 3.21. The van der Waals surface area contributed by atoms with Crippen LogP contribution in [0.25, 0.3) is 0 Å². The van der Waals surface area contributed by atoms with Crippen LogP contribution in [0.3, 0.4) is 0 Å². The number of hydrogen-bond donors (Lipinski definition) is 0. The van der Waals surface area contributed by atoms with E-state index in [1.165, 1.54) is 0 Å². The Morgan fingerprint density at radius 1 is 1.21 bits per heavy atom. The van der Waals surface area contributed by atoms with Crippen LogP contribution < -0.4 is 0 Å². The highest BCUT2D eigenvalue weighted by Gasteiger charge is 2.23. The normalized spacial score (nSPS) is 15.8. The standard InChI is InChI=1S/C17H25N5O2/c1-14-16(15(2)24-19-14)12-17(23)22-10-8-20(9-11-22)5-3-6-21-7-4-18-13-21/h4,7,13H,3,5-6,8-12H2,1-2H3. The first kappa shape index (κ1) is 16.7. The van der Waals surface area contributed by atoms with Crippen molar-refractivity contribution in [3.63, 3.8) is 0 Å². The van der Waals surface area contributed by atoms with Crippen molar-refractivity contribution in [1.82, 2.24) is 24.5 Å². The summed E-state index contributed by atoms with van der Waals surface area (Å²) < 4.78 is 7.24. The number of hydrogen-bond acceptors (Lipinski definition) is 5. The third kappa shape index (κ3) is 4.03. The van der Waals surface area contributed by atoms with Gasteiger partial charge in [0, 0.05) is 50.7 Å². The fraction of sp³-hybridized carbons (Fsp3) is 0.588. The van der Waals surface area contributed by atoms with Gasteiger partial charge in [0.15, 0.2) is 0 Å². The molecule has 0 unspecified atom stereocenters. The molecular weight excluding hydrogens is 306 g/mol. The molecule has 0 aromatic carbocycles. The summed E-state index contributed by atoms with van der Waals surface area (Å²) in [6.07, 6.45) is 7.14. The van der Waals surface area contributed by atoms with Gasteiger partial charge in [0.25, 0.3) is 0 Å². The first-order valence-electron chi connectivity index (χ1n) is 8.51. The summed E-state index contributed by atoms with van der Waals surface area (Å²) in [4.78, 5) is 20.9. The van der Waals surface area contributed by atoms with Crippen LogP contribution in [-0.2, 0) is 17.8 Å². The quantitative estimate of drug-likeness (QED) is 0.797. The molecule has 1 amide bonds. The van der Waals surface area contributed by atoms with E-state index < -0.39 is 0 Å². The molecule has 3 heterocycles. The van der Waals surface area contributed by atoms with E-state index in [0.717, 1.165) is 62.7 Å². The van der Waals surface area contributed by atoms with Crippen LogP contribution in [0.5, 0.6) is 0 Å². The van der Waals surface area contributed by atoms with Crippen molar-refractivity contribution in [3.05, 3.63) is 35.7 Å². The van der Waals surface area contributed by atoms with Gasteiger partial charge >= 0.3 is 0 Å². The fourth-order valence-corrected chi connectivity index (χ4v) is 3.13. The van der Waals surface area contributed by atoms with Gasteiger partial charge in [-0.3, -0.25) is 9.69 Å². The van der Waals surface area contributed by atoms with Gasteiger partial charge in [-0.2, -0.15) is 0 Å². The molecule has 0 atom stereocenters. The Hall–Kier alpha value is -2.15. The Kier molecular flexibility index (Phi) is 5.30. The van der Waals surface area contributed by atoms with Gasteiger partial charge in [-0.25, -0.2) is 4.98 Å². The number of rotatable bonds is 6. The molecule has 1 saturated heterocycles. The molecule has 2 aromatic heterocycles. The topological polar surface area (TPSA) is 67.4 Å². The van der Waals surface area contributed by atoms with Crippen LogP contribution in [0.4, 0.5) is 0 Å². The summed E-state index contributed by atoms with van der Waals surface area (Å²) in [7, 11) is 0. The van der Waals surface area contributed by atoms with Gasteiger partial charge in [-0.05, 0) is 26.8 Å². The average molecular weight is 331 g/mol. The van der Waals surface area contributed by atoms with Gasteiger partial charge in [-0.15, -0.1) is 0 Å². The Morgan fingerprint density at radius 2 is 2.00 bits per heavy atom. The lowest BCUT2D eigenvalue weighted by molar-refractivity contribution is -0.132. The Balaban J connectivity index is 1.40. The Bertz CT molecular complexity index is 637. The Morgan fingerprint density at radius 3 is 2.62 bits per heavy atom. The van der Waals surface area contributed by atoms with Crippen molar-refractivity contribution in [3.8, 4) is 0 Å². The minimum Gasteiger partial charge on any atom is -0.361 e. The summed E-state index contributed by atoms with van der Waals surface area (Å²) in [5.74, 6) is 0.918. The Labute approximate surface area is 142 Å². The van der Waals surface area contributed by atoms with Crippen molar-refractivity contribution >= 4 is 5.91 Å². The molecule has 7 nitrogen and oxygen atoms in total. The molecule has 2 aromatic rings. The predicted octanol–water partition coefficient (Wildman–Crippen LogP) is 1.26. The molecule has 0 aliphatic carbocycles. The minimum atomic E-state index is 0.169. The molecule has 1 fully saturated rings. The summed E-state index contributed by atoms with van der Waals surface area (Å²) in [5.41, 5.74) is 1.75. The second-order valence-corrected chi connectivity index (χ2v) is 6.36. The van der Waals surface area contributed by atoms with Crippen LogP contribution in [0, 0.1) is 13.8 Å². The first-order valence-corrected chi connectivity index (χ1v) is 8.51. The van der Waals surface area contributed by atoms with Crippen LogP contribution in [0.1, 0.15) is 23.4 Å². The molecule has 0 bridgehead atoms. The number of aryl methyl sites for hydroxylation is 3. The van der Waals surface area contributed by atoms with Gasteiger partial charge < -0.3 is 14.0 Å². The van der Waals surface area contributed by atoms with E-state index in [1.54, 1.807) is 0 Å². The summed E-state index contributed by atoms with van der Waals surface area (Å²) in [6, 6.07) is 0. The summed E-state index contributed by atoms with van der Waals surface area (Å²) in [5, 5.41) is 3.92. The zero-order valence-corrected chi connectivity index (χ0v) is 14.4. The zero-order valence-electron chi connectivity index (χ0n) is 14.4. The minimum absolute atomic E-state index is 0.169. The number of carbonyl (C=O) groups is 1. The van der Waals surface area contributed by atoms with Crippen LogP contribution in [0.2, 0.25) is 0 Å². The van der Waals surface area contributed by atoms with Crippen molar-refractivity contribution in [2.75, 3.05) is 32.7 Å². The van der Waals surface area contributed by atoms with Crippen LogP contribution in [0.15, 0.2) is 23.2 Å². The molecule has 24 heavy (non-hydrogen) atoms. The molecule has 3 rings (SSSR count). The molecule has 1 aliphatic rings. The summed E-state index contributed by atoms with van der Waals surface area (Å²) in [6.45, 7) is 9.28. The second-order valence-electron chi connectivity index (χ2n) is 6.36. The van der Waals surface area contributed by atoms with Gasteiger partial charge in [0.1, 0.15) is 5.76 Å². The van der Waals surface area contributed by atoms with Gasteiger partial charge in [0.2, 0.25) is 5.91 Å². The van der Waals surface area contributed by atoms with Gasteiger partial charge in [-0.1, -0.05) is 5.16 Å². The lowest BCUT2D eigenvalue weighted by Crippen LogP contribution is -2.49. The third-order valence-electron chi connectivity index (χ3n) is 4.68. The maximum Gasteiger partial charge on any atom is 0.227 e. The SMILES string of the molecule is Cc1noc(C)c1CC(=O)N1CCN(CCCn2ccnc2)CC1. The maximum atomic E-state index is 12.5. The van der Waals surface area contributed by atoms with E-state index in [0.29, 0.717) is 6.42 Å². The number of aromatic nitrogens is 3. The monoisotopic (exact) mass is 331 g/mol. The van der Waals surface area contributed by atoms with Gasteiger partial charge in [0.05, 0.1) is 18.4 Å². The predicted molar refractivity (Wildman–Crippen MR) is 89.5 cm³/mol. The zero-order chi connectivity index (χ0) is 16.9. The van der Waals surface area contributed by atoms with Crippen molar-refractivity contribution in [1.29, 1.82) is 0 Å². The molecule has 0 spiro atoms. The van der Waals surface area contributed by atoms with E-state index in [2.05, 4.69) is 19.6 Å². The molecular formula is C17H25N5O2. The number of nitrogens with zero attached hydrogens (tertiary/aromatic N) is 5. The van der Waals surface area contributed by atoms with E-state index in [9.17, 15) is 4.79 Å². The largest absolute Gasteiger partial charge is 0.361 e.